The van der Waals surface area contributed by atoms with Crippen LogP contribution in [0.2, 0.25) is 0 Å². The fourth-order valence-electron chi connectivity index (χ4n) is 1.20. The number of rotatable bonds is 8. The van der Waals surface area contributed by atoms with E-state index in [1.165, 1.54) is 20.0 Å². The lowest BCUT2D eigenvalue weighted by Gasteiger charge is -2.10. The average Bonchev–Trinajstić information content (AvgIpc) is 2.27. The van der Waals surface area contributed by atoms with Gasteiger partial charge in [-0.25, -0.2) is 4.79 Å². The van der Waals surface area contributed by atoms with Gasteiger partial charge in [-0.2, -0.15) is 0 Å². The van der Waals surface area contributed by atoms with Crippen molar-refractivity contribution in [1.82, 2.24) is 0 Å². The third-order valence-electron chi connectivity index (χ3n) is 2.14. The lowest BCUT2D eigenvalue weighted by Crippen LogP contribution is -2.17. The monoisotopic (exact) mass is 212 g/mol. The molecule has 0 radical (unpaired) electrons. The number of methoxy groups -OCH3 is 1. The lowest BCUT2D eigenvalue weighted by molar-refractivity contribution is -0.147. The molecule has 0 aromatic heterocycles. The van der Waals surface area contributed by atoms with Crippen LogP contribution >= 0.6 is 0 Å². The highest BCUT2D eigenvalue weighted by molar-refractivity contribution is 5.70. The smallest absolute Gasteiger partial charge is 0.331 e. The summed E-state index contributed by atoms with van der Waals surface area (Å²) in [4.78, 5) is 10.8. The van der Waals surface area contributed by atoms with Crippen molar-refractivity contribution in [2.75, 3.05) is 13.7 Å². The van der Waals surface area contributed by atoms with Gasteiger partial charge in [-0.05, 0) is 12.8 Å². The molecule has 0 aromatic rings. The van der Waals surface area contributed by atoms with Gasteiger partial charge in [0.1, 0.15) is 12.7 Å². The Bertz CT molecular complexity index is 205. The molecule has 0 saturated carbocycles. The number of hydrogen-bond acceptors (Lipinski definition) is 3. The molecule has 0 aliphatic heterocycles. The van der Waals surface area contributed by atoms with Gasteiger partial charge in [-0.3, -0.25) is 0 Å². The molecule has 3 nitrogen and oxygen atoms in total. The van der Waals surface area contributed by atoms with E-state index in [2.05, 4.69) is 17.6 Å². The van der Waals surface area contributed by atoms with Gasteiger partial charge in [0, 0.05) is 0 Å². The maximum Gasteiger partial charge on any atom is 0.331 e. The highest BCUT2D eigenvalue weighted by atomic mass is 16.6. The minimum Gasteiger partial charge on any atom is -0.467 e. The third-order valence-corrected chi connectivity index (χ3v) is 2.14. The number of ether oxygens (including phenoxy) is 2. The Hall–Kier alpha value is -1.01. The zero-order valence-electron chi connectivity index (χ0n) is 9.62. The molecular formula is C12H20O3. The maximum atomic E-state index is 10.8. The highest BCUT2D eigenvalue weighted by Crippen LogP contribution is 2.07. The maximum absolute atomic E-state index is 10.8. The number of unbranched alkanes of at least 4 members (excludes halogenated alkanes) is 3. The second-order valence-corrected chi connectivity index (χ2v) is 3.39. The molecule has 0 N–H and O–H groups in total. The Morgan fingerprint density at radius 2 is 2.13 bits per heavy atom. The zero-order valence-corrected chi connectivity index (χ0v) is 9.62. The van der Waals surface area contributed by atoms with Crippen molar-refractivity contribution in [3.8, 4) is 12.3 Å². The summed E-state index contributed by atoms with van der Waals surface area (Å²) in [6, 6.07) is 0. The predicted molar refractivity (Wildman–Crippen MR) is 59.3 cm³/mol. The Labute approximate surface area is 92.1 Å². The Morgan fingerprint density at radius 1 is 1.40 bits per heavy atom. The van der Waals surface area contributed by atoms with E-state index < -0.39 is 0 Å². The van der Waals surface area contributed by atoms with Crippen LogP contribution in [-0.2, 0) is 14.3 Å². The molecular weight excluding hydrogens is 192 g/mol. The Kier molecular flexibility index (Phi) is 8.90. The van der Waals surface area contributed by atoms with E-state index >= 15 is 0 Å². The van der Waals surface area contributed by atoms with Crippen molar-refractivity contribution in [3.63, 3.8) is 0 Å². The van der Waals surface area contributed by atoms with Crippen molar-refractivity contribution in [2.45, 2.75) is 45.1 Å². The van der Waals surface area contributed by atoms with E-state index in [0.29, 0.717) is 0 Å². The van der Waals surface area contributed by atoms with Crippen molar-refractivity contribution in [1.29, 1.82) is 0 Å². The van der Waals surface area contributed by atoms with Crippen LogP contribution in [0.25, 0.3) is 0 Å². The van der Waals surface area contributed by atoms with Crippen LogP contribution in [0, 0.1) is 12.3 Å². The van der Waals surface area contributed by atoms with E-state index in [1.807, 2.05) is 0 Å². The molecule has 0 aliphatic rings. The van der Waals surface area contributed by atoms with Gasteiger partial charge >= 0.3 is 5.97 Å². The summed E-state index contributed by atoms with van der Waals surface area (Å²) >= 11 is 0. The lowest BCUT2D eigenvalue weighted by atomic mass is 10.1. The summed E-state index contributed by atoms with van der Waals surface area (Å²) in [7, 11) is 1.33. The number of hydrogen-bond donors (Lipinski definition) is 0. The van der Waals surface area contributed by atoms with E-state index in [-0.39, 0.29) is 18.7 Å². The largest absolute Gasteiger partial charge is 0.467 e. The van der Waals surface area contributed by atoms with Crippen molar-refractivity contribution in [3.05, 3.63) is 0 Å². The zero-order chi connectivity index (χ0) is 11.5. The summed E-state index contributed by atoms with van der Waals surface area (Å²) in [5, 5.41) is 0. The van der Waals surface area contributed by atoms with Crippen LogP contribution in [0.4, 0.5) is 0 Å². The summed E-state index contributed by atoms with van der Waals surface area (Å²) in [5.74, 6) is 2.14. The molecule has 0 saturated heterocycles. The number of terminal acetylenes is 1. The summed E-state index contributed by atoms with van der Waals surface area (Å²) < 4.78 is 9.67. The predicted octanol–water partition coefficient (Wildman–Crippen LogP) is 2.15. The van der Waals surface area contributed by atoms with Gasteiger partial charge in [0.25, 0.3) is 0 Å². The van der Waals surface area contributed by atoms with E-state index in [0.717, 1.165) is 19.3 Å². The number of esters is 1. The van der Waals surface area contributed by atoms with Crippen LogP contribution in [0.1, 0.15) is 39.0 Å². The molecule has 0 fully saturated rings. The quantitative estimate of drug-likeness (QED) is 0.351. The van der Waals surface area contributed by atoms with Crippen LogP contribution in [0.15, 0.2) is 0 Å². The number of carbonyl (C=O) groups is 1. The van der Waals surface area contributed by atoms with Crippen LogP contribution in [-0.4, -0.2) is 25.8 Å². The van der Waals surface area contributed by atoms with E-state index in [1.54, 1.807) is 0 Å². The molecule has 0 rings (SSSR count). The van der Waals surface area contributed by atoms with Crippen LogP contribution in [0.3, 0.4) is 0 Å². The normalized spacial score (nSPS) is 11.8. The molecule has 3 heteroatoms. The standard InChI is InChI=1S/C12H20O3/c1-4-6-7-8-9-11(5-2)15-10-12(13)14-3/h2,11H,4,6-10H2,1,3H3/t11-/m0/s1. The van der Waals surface area contributed by atoms with Gasteiger partial charge in [0.15, 0.2) is 0 Å². The Balaban J connectivity index is 3.56. The topological polar surface area (TPSA) is 35.5 Å². The van der Waals surface area contributed by atoms with Crippen molar-refractivity contribution >= 4 is 5.97 Å². The van der Waals surface area contributed by atoms with Gasteiger partial charge in [0.05, 0.1) is 7.11 Å². The first-order chi connectivity index (χ1) is 7.24. The van der Waals surface area contributed by atoms with Crippen molar-refractivity contribution < 1.29 is 14.3 Å². The molecule has 0 amide bonds. The second kappa shape index (κ2) is 9.54. The molecule has 0 unspecified atom stereocenters. The van der Waals surface area contributed by atoms with Crippen LogP contribution < -0.4 is 0 Å². The second-order valence-electron chi connectivity index (χ2n) is 3.39. The molecule has 0 aliphatic carbocycles. The minimum absolute atomic E-state index is 0.0564. The van der Waals surface area contributed by atoms with Gasteiger partial charge in [-0.15, -0.1) is 6.42 Å². The van der Waals surface area contributed by atoms with Crippen LogP contribution in [0.5, 0.6) is 0 Å². The highest BCUT2D eigenvalue weighted by Gasteiger charge is 2.08. The summed E-state index contributed by atoms with van der Waals surface area (Å²) in [6.07, 6.45) is 10.5. The molecule has 0 bridgehead atoms. The van der Waals surface area contributed by atoms with Crippen molar-refractivity contribution in [2.24, 2.45) is 0 Å². The molecule has 1 atom stereocenters. The summed E-state index contributed by atoms with van der Waals surface area (Å²) in [5.41, 5.74) is 0. The van der Waals surface area contributed by atoms with Gasteiger partial charge < -0.3 is 9.47 Å². The molecule has 0 spiro atoms. The first-order valence-corrected chi connectivity index (χ1v) is 5.39. The van der Waals surface area contributed by atoms with E-state index in [4.69, 9.17) is 11.2 Å². The molecule has 0 heterocycles. The third kappa shape index (κ3) is 8.02. The van der Waals surface area contributed by atoms with Gasteiger partial charge in [-0.1, -0.05) is 32.1 Å². The minimum atomic E-state index is -0.385. The molecule has 0 aromatic carbocycles. The SMILES string of the molecule is C#C[C@@H](CCCCCC)OCC(=O)OC. The first-order valence-electron chi connectivity index (χ1n) is 5.39. The number of carbonyl (C=O) groups excluding carboxylic acids is 1. The fourth-order valence-corrected chi connectivity index (χ4v) is 1.20. The summed E-state index contributed by atoms with van der Waals surface area (Å²) in [6.45, 7) is 2.10. The fraction of sp³-hybridized carbons (Fsp3) is 0.750. The van der Waals surface area contributed by atoms with Gasteiger partial charge in [0.2, 0.25) is 0 Å². The molecule has 15 heavy (non-hydrogen) atoms. The van der Waals surface area contributed by atoms with E-state index in [9.17, 15) is 4.79 Å². The average molecular weight is 212 g/mol. The molecule has 86 valence electrons. The first kappa shape index (κ1) is 14.0. The Morgan fingerprint density at radius 3 is 2.67 bits per heavy atom.